The van der Waals surface area contributed by atoms with Gasteiger partial charge in [-0.2, -0.15) is 0 Å². The standard InChI is InChI=1S/C21H24N2O3/c1-23-18-11-6-5-10-17(18)21(20(23)26,14-16-8-3-2-4-9-16)15-19(25)22-12-7-13-24/h2-6,8-11,24H,7,12-15H2,1H3,(H,22,25). The van der Waals surface area contributed by atoms with Crippen LogP contribution in [-0.4, -0.2) is 37.1 Å². The van der Waals surface area contributed by atoms with Gasteiger partial charge in [0, 0.05) is 32.3 Å². The molecular formula is C21H24N2O3. The van der Waals surface area contributed by atoms with Gasteiger partial charge in [-0.25, -0.2) is 0 Å². The van der Waals surface area contributed by atoms with E-state index in [1.165, 1.54) is 0 Å². The number of carbonyl (C=O) groups excluding carboxylic acids is 2. The van der Waals surface area contributed by atoms with Crippen LogP contribution in [0.25, 0.3) is 0 Å². The first-order valence-corrected chi connectivity index (χ1v) is 8.87. The molecule has 0 aliphatic carbocycles. The van der Waals surface area contributed by atoms with E-state index < -0.39 is 5.41 Å². The molecule has 26 heavy (non-hydrogen) atoms. The summed E-state index contributed by atoms with van der Waals surface area (Å²) in [5.74, 6) is -0.229. The minimum Gasteiger partial charge on any atom is -0.396 e. The number of nitrogens with zero attached hydrogens (tertiary/aromatic N) is 1. The number of fused-ring (bicyclic) bond motifs is 1. The van der Waals surface area contributed by atoms with Crippen LogP contribution in [-0.2, 0) is 21.4 Å². The number of nitrogens with one attached hydrogen (secondary N) is 1. The number of para-hydroxylation sites is 1. The van der Waals surface area contributed by atoms with Crippen LogP contribution in [0.3, 0.4) is 0 Å². The van der Waals surface area contributed by atoms with Gasteiger partial charge in [0.25, 0.3) is 0 Å². The zero-order valence-electron chi connectivity index (χ0n) is 14.9. The van der Waals surface area contributed by atoms with E-state index in [0.717, 1.165) is 16.8 Å². The lowest BCUT2D eigenvalue weighted by molar-refractivity contribution is -0.129. The van der Waals surface area contributed by atoms with E-state index in [9.17, 15) is 9.59 Å². The molecule has 5 heteroatoms. The van der Waals surface area contributed by atoms with Crippen LogP contribution in [0.2, 0.25) is 0 Å². The van der Waals surface area contributed by atoms with Crippen LogP contribution < -0.4 is 10.2 Å². The van der Waals surface area contributed by atoms with E-state index >= 15 is 0 Å². The Morgan fingerprint density at radius 3 is 2.54 bits per heavy atom. The van der Waals surface area contributed by atoms with E-state index in [4.69, 9.17) is 5.11 Å². The number of rotatable bonds is 7. The van der Waals surface area contributed by atoms with Crippen molar-refractivity contribution in [1.82, 2.24) is 5.32 Å². The number of amides is 2. The zero-order chi connectivity index (χ0) is 18.6. The lowest BCUT2D eigenvalue weighted by Gasteiger charge is -2.28. The highest BCUT2D eigenvalue weighted by molar-refractivity contribution is 6.09. The Kier molecular flexibility index (Phi) is 5.38. The molecule has 0 spiro atoms. The zero-order valence-corrected chi connectivity index (χ0v) is 14.9. The number of aliphatic hydroxyl groups excluding tert-OH is 1. The number of aliphatic hydroxyl groups is 1. The predicted molar refractivity (Wildman–Crippen MR) is 101 cm³/mol. The highest BCUT2D eigenvalue weighted by Gasteiger charge is 2.50. The monoisotopic (exact) mass is 352 g/mol. The molecule has 5 nitrogen and oxygen atoms in total. The summed E-state index contributed by atoms with van der Waals surface area (Å²) in [6.45, 7) is 0.433. The molecule has 0 saturated carbocycles. The predicted octanol–water partition coefficient (Wildman–Crippen LogP) is 2.03. The van der Waals surface area contributed by atoms with Crippen molar-refractivity contribution < 1.29 is 14.7 Å². The molecule has 0 saturated heterocycles. The molecule has 3 rings (SSSR count). The first-order valence-electron chi connectivity index (χ1n) is 8.87. The van der Waals surface area contributed by atoms with Crippen molar-refractivity contribution in [3.63, 3.8) is 0 Å². The third kappa shape index (κ3) is 3.35. The number of hydrogen-bond acceptors (Lipinski definition) is 3. The summed E-state index contributed by atoms with van der Waals surface area (Å²) < 4.78 is 0. The number of likely N-dealkylation sites (N-methyl/N-ethyl adjacent to an activating group) is 1. The fraction of sp³-hybridized carbons (Fsp3) is 0.333. The maximum absolute atomic E-state index is 13.3. The molecule has 2 amide bonds. The number of anilines is 1. The van der Waals surface area contributed by atoms with Gasteiger partial charge >= 0.3 is 0 Å². The van der Waals surface area contributed by atoms with Crippen molar-refractivity contribution in [3.05, 3.63) is 65.7 Å². The van der Waals surface area contributed by atoms with Crippen LogP contribution in [0, 0.1) is 0 Å². The Morgan fingerprint density at radius 2 is 1.81 bits per heavy atom. The van der Waals surface area contributed by atoms with E-state index in [1.807, 2.05) is 54.6 Å². The third-order valence-corrected chi connectivity index (χ3v) is 4.96. The quantitative estimate of drug-likeness (QED) is 0.749. The summed E-state index contributed by atoms with van der Waals surface area (Å²) in [4.78, 5) is 27.5. The van der Waals surface area contributed by atoms with Crippen molar-refractivity contribution in [2.75, 3.05) is 25.1 Å². The summed E-state index contributed by atoms with van der Waals surface area (Å²) in [7, 11) is 1.76. The van der Waals surface area contributed by atoms with Crippen LogP contribution in [0.5, 0.6) is 0 Å². The van der Waals surface area contributed by atoms with Crippen LogP contribution in [0.1, 0.15) is 24.0 Å². The van der Waals surface area contributed by atoms with Gasteiger partial charge in [-0.1, -0.05) is 48.5 Å². The fourth-order valence-electron chi connectivity index (χ4n) is 3.71. The molecule has 1 atom stereocenters. The second-order valence-electron chi connectivity index (χ2n) is 6.73. The smallest absolute Gasteiger partial charge is 0.238 e. The Bertz CT molecular complexity index is 791. The molecule has 1 unspecified atom stereocenters. The maximum atomic E-state index is 13.3. The van der Waals surface area contributed by atoms with Gasteiger partial charge in [-0.3, -0.25) is 9.59 Å². The normalized spacial score (nSPS) is 18.7. The van der Waals surface area contributed by atoms with Gasteiger partial charge < -0.3 is 15.3 Å². The molecule has 0 bridgehead atoms. The summed E-state index contributed by atoms with van der Waals surface area (Å²) in [6.07, 6.45) is 1.07. The molecular weight excluding hydrogens is 328 g/mol. The summed E-state index contributed by atoms with van der Waals surface area (Å²) in [6, 6.07) is 17.5. The van der Waals surface area contributed by atoms with Gasteiger partial charge in [-0.05, 0) is 30.0 Å². The third-order valence-electron chi connectivity index (χ3n) is 4.96. The molecule has 2 aromatic carbocycles. The number of benzene rings is 2. The maximum Gasteiger partial charge on any atom is 0.238 e. The number of carbonyl (C=O) groups is 2. The largest absolute Gasteiger partial charge is 0.396 e. The molecule has 136 valence electrons. The van der Waals surface area contributed by atoms with E-state index in [-0.39, 0.29) is 24.8 Å². The average molecular weight is 352 g/mol. The Balaban J connectivity index is 1.97. The van der Waals surface area contributed by atoms with Crippen molar-refractivity contribution in [1.29, 1.82) is 0 Å². The molecule has 2 N–H and O–H groups in total. The Hall–Kier alpha value is -2.66. The minimum atomic E-state index is -0.907. The molecule has 1 aliphatic rings. The first-order chi connectivity index (χ1) is 12.6. The van der Waals surface area contributed by atoms with Gasteiger partial charge in [0.2, 0.25) is 11.8 Å². The summed E-state index contributed by atoms with van der Waals surface area (Å²) >= 11 is 0. The minimum absolute atomic E-state index is 0.0277. The fourth-order valence-corrected chi connectivity index (χ4v) is 3.71. The first kappa shape index (κ1) is 18.1. The molecule has 1 heterocycles. The SMILES string of the molecule is CN1C(=O)C(CC(=O)NCCCO)(Cc2ccccc2)c2ccccc21. The van der Waals surface area contributed by atoms with Gasteiger partial charge in [-0.15, -0.1) is 0 Å². The molecule has 1 aliphatic heterocycles. The highest BCUT2D eigenvalue weighted by Crippen LogP contribution is 2.45. The molecule has 0 aromatic heterocycles. The average Bonchev–Trinajstić information content (AvgIpc) is 2.85. The van der Waals surface area contributed by atoms with Gasteiger partial charge in [0.05, 0.1) is 5.41 Å². The summed E-state index contributed by atoms with van der Waals surface area (Å²) in [5.41, 5.74) is 1.87. The van der Waals surface area contributed by atoms with Crippen LogP contribution in [0.4, 0.5) is 5.69 Å². The van der Waals surface area contributed by atoms with Crippen molar-refractivity contribution >= 4 is 17.5 Å². The second-order valence-corrected chi connectivity index (χ2v) is 6.73. The van der Waals surface area contributed by atoms with E-state index in [2.05, 4.69) is 5.32 Å². The highest BCUT2D eigenvalue weighted by atomic mass is 16.3. The number of hydrogen-bond donors (Lipinski definition) is 2. The Labute approximate surface area is 153 Å². The van der Waals surface area contributed by atoms with Crippen molar-refractivity contribution in [2.24, 2.45) is 0 Å². The summed E-state index contributed by atoms with van der Waals surface area (Å²) in [5, 5.41) is 11.7. The topological polar surface area (TPSA) is 69.6 Å². The van der Waals surface area contributed by atoms with Crippen LogP contribution in [0.15, 0.2) is 54.6 Å². The lowest BCUT2D eigenvalue weighted by atomic mass is 9.73. The van der Waals surface area contributed by atoms with Gasteiger partial charge in [0.15, 0.2) is 0 Å². The second kappa shape index (κ2) is 7.70. The lowest BCUT2D eigenvalue weighted by Crippen LogP contribution is -2.44. The molecule has 0 radical (unpaired) electrons. The van der Waals surface area contributed by atoms with Crippen molar-refractivity contribution in [3.8, 4) is 0 Å². The van der Waals surface area contributed by atoms with E-state index in [0.29, 0.717) is 19.4 Å². The van der Waals surface area contributed by atoms with Crippen LogP contribution >= 0.6 is 0 Å². The molecule has 2 aromatic rings. The Morgan fingerprint density at radius 1 is 1.12 bits per heavy atom. The van der Waals surface area contributed by atoms with Crippen molar-refractivity contribution in [2.45, 2.75) is 24.7 Å². The molecule has 0 fully saturated rings. The van der Waals surface area contributed by atoms with Gasteiger partial charge in [0.1, 0.15) is 0 Å². The van der Waals surface area contributed by atoms with E-state index in [1.54, 1.807) is 11.9 Å².